The maximum absolute atomic E-state index is 11.9. The Balaban J connectivity index is 2.85. The van der Waals surface area contributed by atoms with E-state index >= 15 is 0 Å². The number of nitrogens with one attached hydrogen (secondary N) is 1. The van der Waals surface area contributed by atoms with Crippen molar-refractivity contribution in [2.24, 2.45) is 0 Å². The highest BCUT2D eigenvalue weighted by molar-refractivity contribution is 7.94. The third-order valence-corrected chi connectivity index (χ3v) is 4.48. The molecule has 0 aliphatic heterocycles. The summed E-state index contributed by atoms with van der Waals surface area (Å²) in [5, 5.41) is 8.62. The molecule has 1 rings (SSSR count). The zero-order valence-corrected chi connectivity index (χ0v) is 11.4. The van der Waals surface area contributed by atoms with E-state index < -0.39 is 20.7 Å². The molecule has 0 aromatic heterocycles. The first kappa shape index (κ1) is 14.5. The lowest BCUT2D eigenvalue weighted by molar-refractivity contribution is -0.136. The number of carbonyl (C=O) groups is 1. The molecule has 5 nitrogen and oxygen atoms in total. The van der Waals surface area contributed by atoms with Crippen molar-refractivity contribution in [2.75, 3.05) is 4.72 Å². The monoisotopic (exact) mass is 271 g/mol. The van der Waals surface area contributed by atoms with Crippen molar-refractivity contribution in [2.45, 2.75) is 31.9 Å². The van der Waals surface area contributed by atoms with Gasteiger partial charge in [0.1, 0.15) is 0 Å². The van der Waals surface area contributed by atoms with Gasteiger partial charge < -0.3 is 5.11 Å². The standard InChI is InChI=1S/C12H17NO4S/c1-12(2,3)18(16,17)13-10-6-4-9(5-7-10)8-11(14)15/h4-7,13H,8H2,1-3H3,(H,14,15). The van der Waals surface area contributed by atoms with Gasteiger partial charge in [0.05, 0.1) is 11.2 Å². The van der Waals surface area contributed by atoms with E-state index in [0.717, 1.165) is 0 Å². The van der Waals surface area contributed by atoms with Gasteiger partial charge in [0.15, 0.2) is 0 Å². The molecule has 2 N–H and O–H groups in total. The van der Waals surface area contributed by atoms with Gasteiger partial charge in [-0.1, -0.05) is 12.1 Å². The molecule has 0 radical (unpaired) electrons. The fourth-order valence-corrected chi connectivity index (χ4v) is 1.93. The average Bonchev–Trinajstić information content (AvgIpc) is 2.18. The predicted molar refractivity (Wildman–Crippen MR) is 70.1 cm³/mol. The highest BCUT2D eigenvalue weighted by Gasteiger charge is 2.28. The van der Waals surface area contributed by atoms with Gasteiger partial charge in [-0.15, -0.1) is 0 Å². The molecular formula is C12H17NO4S. The van der Waals surface area contributed by atoms with Crippen molar-refractivity contribution >= 4 is 21.7 Å². The molecule has 100 valence electrons. The summed E-state index contributed by atoms with van der Waals surface area (Å²) in [4.78, 5) is 10.5. The van der Waals surface area contributed by atoms with Gasteiger partial charge in [-0.05, 0) is 38.5 Å². The van der Waals surface area contributed by atoms with Gasteiger partial charge in [0, 0.05) is 5.69 Å². The molecule has 0 unspecified atom stereocenters. The third kappa shape index (κ3) is 3.73. The molecule has 0 aliphatic carbocycles. The molecule has 0 atom stereocenters. The number of hydrogen-bond donors (Lipinski definition) is 2. The van der Waals surface area contributed by atoms with Crippen LogP contribution in [0.25, 0.3) is 0 Å². The Labute approximate surface area is 107 Å². The summed E-state index contributed by atoms with van der Waals surface area (Å²) in [6.07, 6.45) is -0.0771. The number of anilines is 1. The zero-order chi connectivity index (χ0) is 14.0. The first-order chi connectivity index (χ1) is 8.12. The Morgan fingerprint density at radius 1 is 1.22 bits per heavy atom. The second kappa shape index (κ2) is 4.97. The van der Waals surface area contributed by atoms with Crippen LogP contribution in [0.15, 0.2) is 24.3 Å². The minimum atomic E-state index is -3.45. The van der Waals surface area contributed by atoms with Crippen LogP contribution >= 0.6 is 0 Å². The molecule has 1 aromatic rings. The summed E-state index contributed by atoms with van der Waals surface area (Å²) in [5.41, 5.74) is 1.06. The highest BCUT2D eigenvalue weighted by atomic mass is 32.2. The van der Waals surface area contributed by atoms with E-state index in [0.29, 0.717) is 11.3 Å². The van der Waals surface area contributed by atoms with E-state index in [9.17, 15) is 13.2 Å². The number of rotatable bonds is 4. The van der Waals surface area contributed by atoms with Crippen molar-refractivity contribution in [3.8, 4) is 0 Å². The summed E-state index contributed by atoms with van der Waals surface area (Å²) in [6, 6.07) is 6.30. The lowest BCUT2D eigenvalue weighted by Crippen LogP contribution is -2.33. The summed E-state index contributed by atoms with van der Waals surface area (Å²) in [5.74, 6) is -0.918. The quantitative estimate of drug-likeness (QED) is 0.875. The van der Waals surface area contributed by atoms with Crippen LogP contribution in [0.4, 0.5) is 5.69 Å². The minimum absolute atomic E-state index is 0.0771. The Bertz CT molecular complexity index is 526. The number of carboxylic acids is 1. The van der Waals surface area contributed by atoms with Gasteiger partial charge in [-0.3, -0.25) is 9.52 Å². The van der Waals surface area contributed by atoms with Crippen LogP contribution in [0.2, 0.25) is 0 Å². The van der Waals surface area contributed by atoms with Gasteiger partial charge >= 0.3 is 5.97 Å². The number of aliphatic carboxylic acids is 1. The SMILES string of the molecule is CC(C)(C)S(=O)(=O)Nc1ccc(CC(=O)O)cc1. The zero-order valence-electron chi connectivity index (χ0n) is 10.6. The summed E-state index contributed by atoms with van der Waals surface area (Å²) in [6.45, 7) is 4.82. The van der Waals surface area contributed by atoms with Crippen LogP contribution in [0.3, 0.4) is 0 Å². The van der Waals surface area contributed by atoms with E-state index in [1.807, 2.05) is 0 Å². The van der Waals surface area contributed by atoms with Crippen molar-refractivity contribution < 1.29 is 18.3 Å². The van der Waals surface area contributed by atoms with Gasteiger partial charge in [0.25, 0.3) is 0 Å². The minimum Gasteiger partial charge on any atom is -0.481 e. The van der Waals surface area contributed by atoms with E-state index in [1.165, 1.54) is 0 Å². The largest absolute Gasteiger partial charge is 0.481 e. The molecule has 0 fully saturated rings. The van der Waals surface area contributed by atoms with Gasteiger partial charge in [0.2, 0.25) is 10.0 Å². The summed E-state index contributed by atoms with van der Waals surface area (Å²) >= 11 is 0. The third-order valence-electron chi connectivity index (χ3n) is 2.37. The van der Waals surface area contributed by atoms with Gasteiger partial charge in [-0.25, -0.2) is 8.42 Å². The van der Waals surface area contributed by atoms with Crippen LogP contribution in [-0.4, -0.2) is 24.2 Å². The van der Waals surface area contributed by atoms with Crippen molar-refractivity contribution in [1.82, 2.24) is 0 Å². The van der Waals surface area contributed by atoms with Crippen LogP contribution in [0, 0.1) is 0 Å². The molecule has 0 bridgehead atoms. The Morgan fingerprint density at radius 2 is 1.72 bits per heavy atom. The summed E-state index contributed by atoms with van der Waals surface area (Å²) in [7, 11) is -3.45. The van der Waals surface area contributed by atoms with Crippen LogP contribution < -0.4 is 4.72 Å². The van der Waals surface area contributed by atoms with Crippen molar-refractivity contribution in [3.05, 3.63) is 29.8 Å². The Morgan fingerprint density at radius 3 is 2.11 bits per heavy atom. The molecule has 0 spiro atoms. The van der Waals surface area contributed by atoms with E-state index in [4.69, 9.17) is 5.11 Å². The smallest absolute Gasteiger partial charge is 0.307 e. The second-order valence-corrected chi connectivity index (χ2v) is 7.42. The lowest BCUT2D eigenvalue weighted by Gasteiger charge is -2.20. The van der Waals surface area contributed by atoms with Gasteiger partial charge in [-0.2, -0.15) is 0 Å². The molecule has 0 heterocycles. The van der Waals surface area contributed by atoms with Crippen molar-refractivity contribution in [3.63, 3.8) is 0 Å². The first-order valence-corrected chi connectivity index (χ1v) is 6.93. The Kier molecular flexibility index (Phi) is 4.01. The normalized spacial score (nSPS) is 12.2. The van der Waals surface area contributed by atoms with E-state index in [1.54, 1.807) is 45.0 Å². The molecule has 0 saturated carbocycles. The molecule has 0 aliphatic rings. The predicted octanol–water partition coefficient (Wildman–Crippen LogP) is 1.85. The van der Waals surface area contributed by atoms with Crippen LogP contribution in [0.5, 0.6) is 0 Å². The topological polar surface area (TPSA) is 83.5 Å². The van der Waals surface area contributed by atoms with Crippen LogP contribution in [0.1, 0.15) is 26.3 Å². The molecule has 0 amide bonds. The fourth-order valence-electron chi connectivity index (χ4n) is 1.17. The fraction of sp³-hybridized carbons (Fsp3) is 0.417. The number of carboxylic acid groups (broad SMARTS) is 1. The maximum atomic E-state index is 11.9. The summed E-state index contributed by atoms with van der Waals surface area (Å²) < 4.78 is 25.3. The number of hydrogen-bond acceptors (Lipinski definition) is 3. The maximum Gasteiger partial charge on any atom is 0.307 e. The molecule has 1 aromatic carbocycles. The molecule has 6 heteroatoms. The molecule has 0 saturated heterocycles. The second-order valence-electron chi connectivity index (χ2n) is 4.99. The number of benzene rings is 1. The lowest BCUT2D eigenvalue weighted by atomic mass is 10.1. The molecular weight excluding hydrogens is 254 g/mol. The average molecular weight is 271 g/mol. The highest BCUT2D eigenvalue weighted by Crippen LogP contribution is 2.19. The first-order valence-electron chi connectivity index (χ1n) is 5.45. The Hall–Kier alpha value is -1.56. The van der Waals surface area contributed by atoms with E-state index in [-0.39, 0.29) is 6.42 Å². The number of sulfonamides is 1. The van der Waals surface area contributed by atoms with E-state index in [2.05, 4.69) is 4.72 Å². The van der Waals surface area contributed by atoms with Crippen LogP contribution in [-0.2, 0) is 21.2 Å². The van der Waals surface area contributed by atoms with Crippen molar-refractivity contribution in [1.29, 1.82) is 0 Å². The molecule has 18 heavy (non-hydrogen) atoms.